The highest BCUT2D eigenvalue weighted by Gasteiger charge is 2.49. The number of imide groups is 1. The predicted octanol–water partition coefficient (Wildman–Crippen LogP) is 3.69. The van der Waals surface area contributed by atoms with Crippen molar-refractivity contribution >= 4 is 40.2 Å². The number of carbonyl (C=O) groups is 4. The number of nitrogens with zero attached hydrogens (tertiary/aromatic N) is 1. The van der Waals surface area contributed by atoms with E-state index >= 15 is 0 Å². The second kappa shape index (κ2) is 9.21. The van der Waals surface area contributed by atoms with E-state index in [1.165, 1.54) is 22.5 Å². The minimum Gasteiger partial charge on any atom is -0.462 e. The van der Waals surface area contributed by atoms with Crippen LogP contribution in [0.3, 0.4) is 0 Å². The van der Waals surface area contributed by atoms with Gasteiger partial charge in [-0.15, -0.1) is 11.3 Å². The molecule has 34 heavy (non-hydrogen) atoms. The molecule has 2 aliphatic rings. The Morgan fingerprint density at radius 3 is 2.65 bits per heavy atom. The van der Waals surface area contributed by atoms with Crippen molar-refractivity contribution in [3.63, 3.8) is 0 Å². The van der Waals surface area contributed by atoms with Crippen LogP contribution in [0.15, 0.2) is 18.2 Å². The summed E-state index contributed by atoms with van der Waals surface area (Å²) in [5.74, 6) is -1.55. The summed E-state index contributed by atoms with van der Waals surface area (Å²) in [7, 11) is 0. The number of rotatable bonds is 7. The fraction of sp³-hybridized carbons (Fsp3) is 0.440. The SMILES string of the molecule is CCOC(=O)c1c(NC(=O)CN2C(=O)NC(C)(c3ccc4c(c3)CCC4)C2=O)sc(CC)c1C. The minimum absolute atomic E-state index is 0.215. The first-order valence-corrected chi connectivity index (χ1v) is 12.4. The number of hydrogen-bond donors (Lipinski definition) is 2. The van der Waals surface area contributed by atoms with Crippen LogP contribution in [-0.2, 0) is 39.1 Å². The van der Waals surface area contributed by atoms with Crippen molar-refractivity contribution in [1.82, 2.24) is 10.2 Å². The predicted molar refractivity (Wildman–Crippen MR) is 129 cm³/mol. The molecule has 9 heteroatoms. The lowest BCUT2D eigenvalue weighted by Gasteiger charge is -2.23. The number of carbonyl (C=O) groups excluding carboxylic acids is 4. The Morgan fingerprint density at radius 2 is 1.94 bits per heavy atom. The molecule has 0 saturated carbocycles. The number of ether oxygens (including phenoxy) is 1. The minimum atomic E-state index is -1.24. The number of thiophene rings is 1. The summed E-state index contributed by atoms with van der Waals surface area (Å²) >= 11 is 1.30. The van der Waals surface area contributed by atoms with Crippen LogP contribution in [0, 0.1) is 6.92 Å². The molecule has 2 heterocycles. The van der Waals surface area contributed by atoms with Crippen molar-refractivity contribution in [3.8, 4) is 0 Å². The maximum atomic E-state index is 13.3. The van der Waals surface area contributed by atoms with Crippen LogP contribution < -0.4 is 10.6 Å². The number of fused-ring (bicyclic) bond motifs is 1. The molecule has 4 amide bonds. The van der Waals surface area contributed by atoms with Crippen molar-refractivity contribution in [2.24, 2.45) is 0 Å². The second-order valence-electron chi connectivity index (χ2n) is 8.76. The Hall–Kier alpha value is -3.20. The molecule has 180 valence electrons. The highest BCUT2D eigenvalue weighted by atomic mass is 32.1. The first kappa shape index (κ1) is 23.9. The number of amides is 4. The number of aryl methyl sites for hydroxylation is 3. The summed E-state index contributed by atoms with van der Waals surface area (Å²) < 4.78 is 5.15. The highest BCUT2D eigenvalue weighted by Crippen LogP contribution is 2.35. The molecule has 2 N–H and O–H groups in total. The third-order valence-electron chi connectivity index (χ3n) is 6.55. The molecule has 1 aromatic heterocycles. The van der Waals surface area contributed by atoms with Gasteiger partial charge in [-0.05, 0) is 68.7 Å². The molecule has 0 radical (unpaired) electrons. The van der Waals surface area contributed by atoms with Gasteiger partial charge in [0.15, 0.2) is 0 Å². The van der Waals surface area contributed by atoms with Crippen LogP contribution in [0.1, 0.15) is 64.7 Å². The number of nitrogens with one attached hydrogen (secondary N) is 2. The Balaban J connectivity index is 1.52. The molecule has 2 aromatic rings. The summed E-state index contributed by atoms with van der Waals surface area (Å²) in [4.78, 5) is 53.2. The number of urea groups is 1. The molecule has 1 aromatic carbocycles. The highest BCUT2D eigenvalue weighted by molar-refractivity contribution is 7.17. The van der Waals surface area contributed by atoms with Gasteiger partial charge in [0.1, 0.15) is 17.1 Å². The molecule has 1 unspecified atom stereocenters. The van der Waals surface area contributed by atoms with E-state index in [-0.39, 0.29) is 6.61 Å². The number of anilines is 1. The van der Waals surface area contributed by atoms with Gasteiger partial charge in [0.25, 0.3) is 5.91 Å². The average molecular weight is 484 g/mol. The summed E-state index contributed by atoms with van der Waals surface area (Å²) in [6.45, 7) is 6.92. The zero-order valence-electron chi connectivity index (χ0n) is 19.9. The standard InChI is InChI=1S/C25H29N3O5S/c1-5-18-14(3)20(22(30)33-6-2)21(34-18)26-19(29)13-28-23(31)25(4,27-24(28)32)17-11-10-15-8-7-9-16(15)12-17/h10-12H,5-9,13H2,1-4H3,(H,26,29)(H,27,32). The quantitative estimate of drug-likeness (QED) is 0.462. The summed E-state index contributed by atoms with van der Waals surface area (Å²) in [6, 6.07) is 5.25. The van der Waals surface area contributed by atoms with Crippen molar-refractivity contribution in [2.75, 3.05) is 18.5 Å². The second-order valence-corrected chi connectivity index (χ2v) is 9.87. The zero-order valence-corrected chi connectivity index (χ0v) is 20.7. The lowest BCUT2D eigenvalue weighted by molar-refractivity contribution is -0.133. The van der Waals surface area contributed by atoms with E-state index in [0.717, 1.165) is 34.6 Å². The normalized spacial score (nSPS) is 19.2. The van der Waals surface area contributed by atoms with Gasteiger partial charge >= 0.3 is 12.0 Å². The van der Waals surface area contributed by atoms with Crippen molar-refractivity contribution in [1.29, 1.82) is 0 Å². The van der Waals surface area contributed by atoms with Crippen LogP contribution in [0.25, 0.3) is 0 Å². The summed E-state index contributed by atoms with van der Waals surface area (Å²) in [5.41, 5.74) is 3.02. The van der Waals surface area contributed by atoms with E-state index in [1.807, 2.05) is 32.0 Å². The first-order chi connectivity index (χ1) is 16.2. The van der Waals surface area contributed by atoms with E-state index in [0.29, 0.717) is 22.5 Å². The molecule has 0 spiro atoms. The average Bonchev–Trinajstić information content (AvgIpc) is 3.45. The summed E-state index contributed by atoms with van der Waals surface area (Å²) in [6.07, 6.45) is 3.76. The third-order valence-corrected chi connectivity index (χ3v) is 7.90. The fourth-order valence-electron chi connectivity index (χ4n) is 4.66. The molecule has 8 nitrogen and oxygen atoms in total. The van der Waals surface area contributed by atoms with Gasteiger partial charge in [-0.2, -0.15) is 0 Å². The lowest BCUT2D eigenvalue weighted by Crippen LogP contribution is -2.42. The molecular formula is C25H29N3O5S. The van der Waals surface area contributed by atoms with Gasteiger partial charge in [0.05, 0.1) is 12.2 Å². The smallest absolute Gasteiger partial charge is 0.341 e. The topological polar surface area (TPSA) is 105 Å². The molecular weight excluding hydrogens is 454 g/mol. The van der Waals surface area contributed by atoms with Gasteiger partial charge in [0.2, 0.25) is 5.91 Å². The number of hydrogen-bond acceptors (Lipinski definition) is 6. The molecule has 1 aliphatic heterocycles. The zero-order chi connectivity index (χ0) is 24.6. The first-order valence-electron chi connectivity index (χ1n) is 11.5. The van der Waals surface area contributed by atoms with E-state index in [2.05, 4.69) is 10.6 Å². The van der Waals surface area contributed by atoms with E-state index in [9.17, 15) is 19.2 Å². The Morgan fingerprint density at radius 1 is 1.21 bits per heavy atom. The Kier molecular flexibility index (Phi) is 6.49. The van der Waals surface area contributed by atoms with Gasteiger partial charge in [0, 0.05) is 4.88 Å². The third kappa shape index (κ3) is 4.09. The maximum absolute atomic E-state index is 13.3. The van der Waals surface area contributed by atoms with Crippen LogP contribution in [-0.4, -0.2) is 41.9 Å². The van der Waals surface area contributed by atoms with Gasteiger partial charge in [-0.3, -0.25) is 14.5 Å². The number of benzene rings is 1. The molecule has 1 atom stereocenters. The van der Waals surface area contributed by atoms with Crippen molar-refractivity contribution < 1.29 is 23.9 Å². The van der Waals surface area contributed by atoms with Crippen LogP contribution >= 0.6 is 11.3 Å². The molecule has 1 aliphatic carbocycles. The van der Waals surface area contributed by atoms with Crippen LogP contribution in [0.5, 0.6) is 0 Å². The van der Waals surface area contributed by atoms with Crippen molar-refractivity contribution in [3.05, 3.63) is 50.9 Å². The monoisotopic (exact) mass is 483 g/mol. The molecule has 4 rings (SSSR count). The van der Waals surface area contributed by atoms with Gasteiger partial charge in [-0.25, -0.2) is 9.59 Å². The van der Waals surface area contributed by atoms with Crippen LogP contribution in [0.4, 0.5) is 9.80 Å². The van der Waals surface area contributed by atoms with E-state index in [1.54, 1.807) is 13.8 Å². The molecule has 0 bridgehead atoms. The molecule has 1 fully saturated rings. The molecule has 1 saturated heterocycles. The van der Waals surface area contributed by atoms with Crippen molar-refractivity contribution in [2.45, 2.75) is 58.9 Å². The van der Waals surface area contributed by atoms with Crippen LogP contribution in [0.2, 0.25) is 0 Å². The maximum Gasteiger partial charge on any atom is 0.341 e. The van der Waals surface area contributed by atoms with Gasteiger partial charge < -0.3 is 15.4 Å². The van der Waals surface area contributed by atoms with E-state index in [4.69, 9.17) is 4.74 Å². The Labute approximate surface area is 202 Å². The fourth-order valence-corrected chi connectivity index (χ4v) is 5.81. The lowest BCUT2D eigenvalue weighted by atomic mass is 9.89. The summed E-state index contributed by atoms with van der Waals surface area (Å²) in [5, 5.41) is 5.85. The number of esters is 1. The van der Waals surface area contributed by atoms with Gasteiger partial charge in [-0.1, -0.05) is 25.1 Å². The largest absolute Gasteiger partial charge is 0.462 e. The Bertz CT molecular complexity index is 1190. The van der Waals surface area contributed by atoms with E-state index < -0.39 is 35.9 Å².